The lowest BCUT2D eigenvalue weighted by atomic mass is 10.0. The first kappa shape index (κ1) is 51.7. The highest BCUT2D eigenvalue weighted by atomic mass is 31.2. The van der Waals surface area contributed by atoms with Gasteiger partial charge in [-0.2, -0.15) is 0 Å². The third kappa shape index (κ3) is 38.8. The summed E-state index contributed by atoms with van der Waals surface area (Å²) in [6, 6.07) is -0.864. The number of carbonyl (C=O) groups is 1. The maximum atomic E-state index is 12.8. The molecule has 0 saturated heterocycles. The smallest absolute Gasteiger partial charge is 0.387 e. The van der Waals surface area contributed by atoms with Gasteiger partial charge in [0.05, 0.1) is 39.9 Å². The van der Waals surface area contributed by atoms with E-state index in [1.807, 2.05) is 27.2 Å². The van der Waals surface area contributed by atoms with Crippen molar-refractivity contribution < 1.29 is 32.9 Å². The van der Waals surface area contributed by atoms with Gasteiger partial charge in [-0.25, -0.2) is 4.57 Å². The van der Waals surface area contributed by atoms with Gasteiger partial charge in [-0.1, -0.05) is 172 Å². The normalized spacial score (nSPS) is 14.8. The Labute approximate surface area is 327 Å². The first-order valence-electron chi connectivity index (χ1n) is 21.9. The summed E-state index contributed by atoms with van der Waals surface area (Å²) in [6.07, 6.45) is 43.7. The highest BCUT2D eigenvalue weighted by Crippen LogP contribution is 2.43. The third-order valence-electron chi connectivity index (χ3n) is 9.59. The number of allylic oxidation sites excluding steroid dienone is 5. The van der Waals surface area contributed by atoms with Gasteiger partial charge in [-0.15, -0.1) is 0 Å². The lowest BCUT2D eigenvalue weighted by Gasteiger charge is -2.25. The highest BCUT2D eigenvalue weighted by molar-refractivity contribution is 7.47. The third-order valence-corrected chi connectivity index (χ3v) is 10.6. The maximum Gasteiger partial charge on any atom is 0.472 e. The van der Waals surface area contributed by atoms with Gasteiger partial charge in [0.25, 0.3) is 0 Å². The SMILES string of the molecule is CCCCCCCCCCCCCC/C=C/CC/C=C/CC/C=C/C(O)C(COP(=O)(O)OCC[N+](C)(C)C)NC(=O)CCCCCCCCCCC. The molecule has 0 aromatic carbocycles. The molecule has 3 atom stereocenters. The van der Waals surface area contributed by atoms with Gasteiger partial charge in [0.2, 0.25) is 5.91 Å². The molecule has 1 amide bonds. The summed E-state index contributed by atoms with van der Waals surface area (Å²) in [7, 11) is 1.55. The lowest BCUT2D eigenvalue weighted by molar-refractivity contribution is -0.870. The Morgan fingerprint density at radius 3 is 1.51 bits per heavy atom. The van der Waals surface area contributed by atoms with Crippen molar-refractivity contribution in [3.05, 3.63) is 36.5 Å². The van der Waals surface area contributed by atoms with Crippen molar-refractivity contribution in [2.24, 2.45) is 0 Å². The first-order valence-corrected chi connectivity index (χ1v) is 23.4. The Kier molecular flexibility index (Phi) is 35.5. The van der Waals surface area contributed by atoms with E-state index in [0.29, 0.717) is 17.4 Å². The summed E-state index contributed by atoms with van der Waals surface area (Å²) in [5.74, 6) is -0.196. The van der Waals surface area contributed by atoms with Crippen LogP contribution in [0.1, 0.15) is 187 Å². The van der Waals surface area contributed by atoms with Crippen molar-refractivity contribution >= 4 is 13.7 Å². The number of nitrogens with one attached hydrogen (secondary N) is 1. The van der Waals surface area contributed by atoms with Crippen LogP contribution in [0, 0.1) is 0 Å². The fraction of sp³-hybridized carbons (Fsp3) is 0.841. The van der Waals surface area contributed by atoms with Crippen LogP contribution in [-0.2, 0) is 18.4 Å². The number of hydrogen-bond acceptors (Lipinski definition) is 5. The first-order chi connectivity index (χ1) is 25.5. The van der Waals surface area contributed by atoms with Gasteiger partial charge in [0, 0.05) is 6.42 Å². The molecule has 0 bridgehead atoms. The Balaban J connectivity index is 4.41. The van der Waals surface area contributed by atoms with Gasteiger partial charge >= 0.3 is 7.82 Å². The van der Waals surface area contributed by atoms with E-state index in [1.54, 1.807) is 6.08 Å². The van der Waals surface area contributed by atoms with Crippen LogP contribution >= 0.6 is 7.82 Å². The molecule has 0 fully saturated rings. The van der Waals surface area contributed by atoms with E-state index < -0.39 is 20.0 Å². The fourth-order valence-corrected chi connectivity index (χ4v) is 6.81. The quantitative estimate of drug-likeness (QED) is 0.0249. The van der Waals surface area contributed by atoms with Crippen LogP contribution in [0.2, 0.25) is 0 Å². The van der Waals surface area contributed by atoms with Crippen molar-refractivity contribution in [2.45, 2.75) is 199 Å². The van der Waals surface area contributed by atoms with E-state index in [1.165, 1.54) is 122 Å². The van der Waals surface area contributed by atoms with E-state index in [9.17, 15) is 19.4 Å². The summed E-state index contributed by atoms with van der Waals surface area (Å²) in [5.41, 5.74) is 0. The number of nitrogens with zero attached hydrogens (tertiary/aromatic N) is 1. The van der Waals surface area contributed by atoms with Crippen molar-refractivity contribution in [3.8, 4) is 0 Å². The topological polar surface area (TPSA) is 105 Å². The number of quaternary nitrogens is 1. The molecule has 0 spiro atoms. The van der Waals surface area contributed by atoms with Crippen LogP contribution < -0.4 is 5.32 Å². The predicted octanol–water partition coefficient (Wildman–Crippen LogP) is 11.9. The number of phosphoric ester groups is 1. The van der Waals surface area contributed by atoms with Gasteiger partial charge in [-0.05, 0) is 44.9 Å². The zero-order valence-electron chi connectivity index (χ0n) is 35.3. The number of unbranched alkanes of at least 4 members (excludes halogenated alkanes) is 22. The molecular formula is C44H86N2O6P+. The molecule has 0 aromatic rings. The van der Waals surface area contributed by atoms with Crippen molar-refractivity contribution in [2.75, 3.05) is 40.9 Å². The molecule has 8 nitrogen and oxygen atoms in total. The number of rotatable bonds is 39. The molecule has 0 aliphatic heterocycles. The fourth-order valence-electron chi connectivity index (χ4n) is 6.07. The zero-order chi connectivity index (χ0) is 39.3. The van der Waals surface area contributed by atoms with Crippen LogP contribution in [0.15, 0.2) is 36.5 Å². The molecule has 53 heavy (non-hydrogen) atoms. The summed E-state index contributed by atoms with van der Waals surface area (Å²) < 4.78 is 23.5. The molecule has 0 rings (SSSR count). The van der Waals surface area contributed by atoms with Crippen LogP contribution in [0.5, 0.6) is 0 Å². The Morgan fingerprint density at radius 2 is 1.04 bits per heavy atom. The molecule has 9 heteroatoms. The van der Waals surface area contributed by atoms with E-state index in [4.69, 9.17) is 9.05 Å². The molecule has 0 aliphatic rings. The summed E-state index contributed by atoms with van der Waals surface area (Å²) in [6.45, 7) is 4.75. The average Bonchev–Trinajstić information content (AvgIpc) is 3.10. The predicted molar refractivity (Wildman–Crippen MR) is 226 cm³/mol. The molecule has 0 heterocycles. The van der Waals surface area contributed by atoms with E-state index in [2.05, 4.69) is 43.5 Å². The molecule has 3 unspecified atom stereocenters. The van der Waals surface area contributed by atoms with Gasteiger partial charge in [0.1, 0.15) is 13.2 Å². The molecule has 0 radical (unpaired) electrons. The second kappa shape index (κ2) is 36.4. The summed E-state index contributed by atoms with van der Waals surface area (Å²) >= 11 is 0. The number of aliphatic hydroxyl groups excluding tert-OH is 1. The van der Waals surface area contributed by atoms with Gasteiger partial charge < -0.3 is 19.8 Å². The average molecular weight is 770 g/mol. The minimum atomic E-state index is -4.34. The van der Waals surface area contributed by atoms with Crippen molar-refractivity contribution in [3.63, 3.8) is 0 Å². The van der Waals surface area contributed by atoms with E-state index in [0.717, 1.165) is 44.9 Å². The molecule has 0 saturated carbocycles. The van der Waals surface area contributed by atoms with E-state index in [-0.39, 0.29) is 19.1 Å². The number of likely N-dealkylation sites (N-methyl/N-ethyl adjacent to an activating group) is 1. The monoisotopic (exact) mass is 770 g/mol. The van der Waals surface area contributed by atoms with Crippen LogP contribution in [0.4, 0.5) is 0 Å². The minimum absolute atomic E-state index is 0.0542. The standard InChI is InChI=1S/C44H85N2O6P/c1-6-8-10-12-14-16-17-18-19-20-21-22-23-24-25-26-27-28-30-31-33-35-37-43(47)42(41-52-53(49,50)51-40-39-46(3,4)5)45-44(48)38-36-34-32-29-15-13-11-9-7-2/h24-25,28,30,35,37,42-43,47H,6-23,26-27,29,31-34,36,38-41H2,1-5H3,(H-,45,48,49,50)/p+1/b25-24+,30-28+,37-35+. The maximum absolute atomic E-state index is 12.8. The van der Waals surface area contributed by atoms with Gasteiger partial charge in [0.15, 0.2) is 0 Å². The largest absolute Gasteiger partial charge is 0.472 e. The second-order valence-electron chi connectivity index (χ2n) is 16.1. The molecular weight excluding hydrogens is 683 g/mol. The van der Waals surface area contributed by atoms with Crippen LogP contribution in [0.25, 0.3) is 0 Å². The lowest BCUT2D eigenvalue weighted by Crippen LogP contribution is -2.45. The number of amides is 1. The van der Waals surface area contributed by atoms with Crippen molar-refractivity contribution in [1.82, 2.24) is 5.32 Å². The second-order valence-corrected chi connectivity index (χ2v) is 17.5. The molecule has 0 aliphatic carbocycles. The van der Waals surface area contributed by atoms with Crippen molar-refractivity contribution in [1.29, 1.82) is 0 Å². The molecule has 3 N–H and O–H groups in total. The highest BCUT2D eigenvalue weighted by Gasteiger charge is 2.27. The van der Waals surface area contributed by atoms with Crippen LogP contribution in [0.3, 0.4) is 0 Å². The van der Waals surface area contributed by atoms with Gasteiger partial charge in [-0.3, -0.25) is 13.8 Å². The Morgan fingerprint density at radius 1 is 0.623 bits per heavy atom. The van der Waals surface area contributed by atoms with Crippen LogP contribution in [-0.4, -0.2) is 73.4 Å². The Hall–Kier alpha value is -1.28. The number of carbonyl (C=O) groups excluding carboxylic acids is 1. The number of phosphoric acid groups is 1. The molecule has 312 valence electrons. The van der Waals surface area contributed by atoms with E-state index >= 15 is 0 Å². The summed E-state index contributed by atoms with van der Waals surface area (Å²) in [5, 5.41) is 13.7. The minimum Gasteiger partial charge on any atom is -0.387 e. The number of hydrogen-bond donors (Lipinski definition) is 3. The molecule has 0 aromatic heterocycles. The summed E-state index contributed by atoms with van der Waals surface area (Å²) in [4.78, 5) is 23.0. The Bertz CT molecular complexity index is 964. The zero-order valence-corrected chi connectivity index (χ0v) is 36.1. The number of aliphatic hydroxyl groups is 1.